The summed E-state index contributed by atoms with van der Waals surface area (Å²) in [6, 6.07) is 8.19. The number of nitrogens with one attached hydrogen (secondary N) is 1. The summed E-state index contributed by atoms with van der Waals surface area (Å²) < 4.78 is 5.12. The van der Waals surface area contributed by atoms with Crippen molar-refractivity contribution in [3.8, 4) is 0 Å². The largest absolute Gasteiger partial charge is 0.370 e. The number of nitrogens with two attached hydrogens (primary N) is 1. The van der Waals surface area contributed by atoms with Crippen LogP contribution in [0.5, 0.6) is 0 Å². The molecule has 1 aliphatic carbocycles. The van der Waals surface area contributed by atoms with Gasteiger partial charge in [-0.3, -0.25) is 0 Å². The number of guanidine groups is 1. The van der Waals surface area contributed by atoms with Gasteiger partial charge in [-0.15, -0.1) is 0 Å². The molecule has 0 saturated carbocycles. The van der Waals surface area contributed by atoms with Gasteiger partial charge in [0, 0.05) is 11.8 Å². The van der Waals surface area contributed by atoms with Gasteiger partial charge in [-0.25, -0.2) is 4.99 Å². The summed E-state index contributed by atoms with van der Waals surface area (Å²) in [5.74, 6) is 1.12. The highest BCUT2D eigenvalue weighted by Crippen LogP contribution is 2.27. The summed E-state index contributed by atoms with van der Waals surface area (Å²) in [5, 5.41) is 7.04. The first-order valence-corrected chi connectivity index (χ1v) is 7.32. The Labute approximate surface area is 124 Å². The SMILES string of the molecule is Cc1cc(CN=C(N)Nc2cccc3c2CCCC3)on1. The second-order valence-corrected chi connectivity index (χ2v) is 5.41. The summed E-state index contributed by atoms with van der Waals surface area (Å²) in [7, 11) is 0. The predicted octanol–water partition coefficient (Wildman–Crippen LogP) is 2.79. The van der Waals surface area contributed by atoms with Crippen LogP contribution in [0.1, 0.15) is 35.4 Å². The van der Waals surface area contributed by atoms with Crippen LogP contribution < -0.4 is 11.1 Å². The number of anilines is 1. The minimum absolute atomic E-state index is 0.398. The normalized spacial score (nSPS) is 14.8. The zero-order chi connectivity index (χ0) is 14.7. The first-order chi connectivity index (χ1) is 10.2. The van der Waals surface area contributed by atoms with Gasteiger partial charge in [0.05, 0.1) is 5.69 Å². The number of benzene rings is 1. The maximum Gasteiger partial charge on any atom is 0.193 e. The third-order valence-electron chi connectivity index (χ3n) is 3.74. The van der Waals surface area contributed by atoms with Gasteiger partial charge in [0.1, 0.15) is 6.54 Å². The topological polar surface area (TPSA) is 76.4 Å². The van der Waals surface area contributed by atoms with Crippen LogP contribution in [0.25, 0.3) is 0 Å². The highest BCUT2D eigenvalue weighted by Gasteiger charge is 2.13. The quantitative estimate of drug-likeness (QED) is 0.671. The fourth-order valence-electron chi connectivity index (χ4n) is 2.73. The molecule has 0 saturated heterocycles. The summed E-state index contributed by atoms with van der Waals surface area (Å²) >= 11 is 0. The second kappa shape index (κ2) is 5.99. The number of rotatable bonds is 3. The molecule has 0 unspecified atom stereocenters. The van der Waals surface area contributed by atoms with Crippen LogP contribution in [0.15, 0.2) is 33.8 Å². The van der Waals surface area contributed by atoms with E-state index in [0.29, 0.717) is 18.3 Å². The van der Waals surface area contributed by atoms with Crippen molar-refractivity contribution in [3.63, 3.8) is 0 Å². The number of hydrogen-bond acceptors (Lipinski definition) is 3. The number of aromatic nitrogens is 1. The van der Waals surface area contributed by atoms with Crippen LogP contribution in [-0.4, -0.2) is 11.1 Å². The highest BCUT2D eigenvalue weighted by molar-refractivity contribution is 5.93. The zero-order valence-electron chi connectivity index (χ0n) is 12.2. The Kier molecular flexibility index (Phi) is 3.90. The van der Waals surface area contributed by atoms with Crippen molar-refractivity contribution >= 4 is 11.6 Å². The van der Waals surface area contributed by atoms with E-state index in [1.54, 1.807) is 0 Å². The van der Waals surface area contributed by atoms with Crippen LogP contribution in [0, 0.1) is 6.92 Å². The second-order valence-electron chi connectivity index (χ2n) is 5.41. The third-order valence-corrected chi connectivity index (χ3v) is 3.74. The van der Waals surface area contributed by atoms with Crippen molar-refractivity contribution in [2.45, 2.75) is 39.2 Å². The Morgan fingerprint density at radius 3 is 3.05 bits per heavy atom. The molecule has 21 heavy (non-hydrogen) atoms. The van der Waals surface area contributed by atoms with E-state index in [1.807, 2.05) is 13.0 Å². The van der Waals surface area contributed by atoms with E-state index in [0.717, 1.165) is 24.2 Å². The number of nitrogens with zero attached hydrogens (tertiary/aromatic N) is 2. The van der Waals surface area contributed by atoms with E-state index in [1.165, 1.54) is 24.0 Å². The van der Waals surface area contributed by atoms with Gasteiger partial charge >= 0.3 is 0 Å². The van der Waals surface area contributed by atoms with Crippen LogP contribution in [-0.2, 0) is 19.4 Å². The Morgan fingerprint density at radius 2 is 2.24 bits per heavy atom. The molecule has 3 N–H and O–H groups in total. The van der Waals surface area contributed by atoms with E-state index in [9.17, 15) is 0 Å². The Morgan fingerprint density at radius 1 is 1.38 bits per heavy atom. The van der Waals surface area contributed by atoms with Crippen LogP contribution in [0.4, 0.5) is 5.69 Å². The van der Waals surface area contributed by atoms with Gasteiger partial charge in [0.15, 0.2) is 11.7 Å². The molecule has 0 fully saturated rings. The van der Waals surface area contributed by atoms with Gasteiger partial charge in [-0.2, -0.15) is 0 Å². The number of aryl methyl sites for hydroxylation is 2. The van der Waals surface area contributed by atoms with Crippen molar-refractivity contribution in [1.29, 1.82) is 0 Å². The molecular weight excluding hydrogens is 264 g/mol. The fourth-order valence-corrected chi connectivity index (χ4v) is 2.73. The third kappa shape index (κ3) is 3.24. The highest BCUT2D eigenvalue weighted by atomic mass is 16.5. The number of hydrogen-bond donors (Lipinski definition) is 2. The molecule has 2 aromatic rings. The molecule has 3 rings (SSSR count). The predicted molar refractivity (Wildman–Crippen MR) is 83.3 cm³/mol. The molecule has 0 atom stereocenters. The van der Waals surface area contributed by atoms with Crippen molar-refractivity contribution in [3.05, 3.63) is 46.8 Å². The monoisotopic (exact) mass is 284 g/mol. The molecule has 0 aliphatic heterocycles. The minimum Gasteiger partial charge on any atom is -0.370 e. The van der Waals surface area contributed by atoms with E-state index in [2.05, 4.69) is 33.7 Å². The number of aliphatic imine (C=N–C) groups is 1. The van der Waals surface area contributed by atoms with Crippen LogP contribution in [0.3, 0.4) is 0 Å². The molecule has 0 amide bonds. The maximum atomic E-state index is 5.97. The molecule has 1 aromatic carbocycles. The van der Waals surface area contributed by atoms with E-state index >= 15 is 0 Å². The molecule has 0 bridgehead atoms. The molecule has 1 aromatic heterocycles. The molecule has 0 spiro atoms. The first kappa shape index (κ1) is 13.7. The molecule has 5 heteroatoms. The van der Waals surface area contributed by atoms with E-state index in [4.69, 9.17) is 10.3 Å². The standard InChI is InChI=1S/C16H20N4O/c1-11-9-13(21-20-11)10-18-16(17)19-15-8-4-6-12-5-2-3-7-14(12)15/h4,6,8-9H,2-3,5,7,10H2,1H3,(H3,17,18,19). The van der Waals surface area contributed by atoms with Crippen molar-refractivity contribution in [2.75, 3.05) is 5.32 Å². The lowest BCUT2D eigenvalue weighted by atomic mass is 9.90. The van der Waals surface area contributed by atoms with Gasteiger partial charge in [0.2, 0.25) is 0 Å². The molecular formula is C16H20N4O. The van der Waals surface area contributed by atoms with Gasteiger partial charge in [-0.1, -0.05) is 17.3 Å². The lowest BCUT2D eigenvalue weighted by molar-refractivity contribution is 0.381. The molecule has 110 valence electrons. The van der Waals surface area contributed by atoms with Gasteiger partial charge < -0.3 is 15.6 Å². The van der Waals surface area contributed by atoms with Gasteiger partial charge in [-0.05, 0) is 49.8 Å². The first-order valence-electron chi connectivity index (χ1n) is 7.32. The van der Waals surface area contributed by atoms with Crippen molar-refractivity contribution in [1.82, 2.24) is 5.16 Å². The summed E-state index contributed by atoms with van der Waals surface area (Å²) in [6.45, 7) is 2.28. The smallest absolute Gasteiger partial charge is 0.193 e. The lowest BCUT2D eigenvalue weighted by Gasteiger charge is -2.19. The molecule has 1 heterocycles. The summed E-state index contributed by atoms with van der Waals surface area (Å²) in [5.41, 5.74) is 10.7. The molecule has 1 aliphatic rings. The van der Waals surface area contributed by atoms with E-state index in [-0.39, 0.29) is 0 Å². The minimum atomic E-state index is 0.398. The number of fused-ring (bicyclic) bond motifs is 1. The average Bonchev–Trinajstić information content (AvgIpc) is 2.91. The fraction of sp³-hybridized carbons (Fsp3) is 0.375. The van der Waals surface area contributed by atoms with E-state index < -0.39 is 0 Å². The van der Waals surface area contributed by atoms with Gasteiger partial charge in [0.25, 0.3) is 0 Å². The Hall–Kier alpha value is -2.30. The van der Waals surface area contributed by atoms with Crippen molar-refractivity contribution < 1.29 is 4.52 Å². The molecule has 0 radical (unpaired) electrons. The zero-order valence-corrected chi connectivity index (χ0v) is 12.2. The van der Waals surface area contributed by atoms with Crippen LogP contribution in [0.2, 0.25) is 0 Å². The molecule has 5 nitrogen and oxygen atoms in total. The average molecular weight is 284 g/mol. The Balaban J connectivity index is 1.71. The van der Waals surface area contributed by atoms with Crippen LogP contribution >= 0.6 is 0 Å². The summed E-state index contributed by atoms with van der Waals surface area (Å²) in [4.78, 5) is 4.30. The van der Waals surface area contributed by atoms with Crippen molar-refractivity contribution in [2.24, 2.45) is 10.7 Å². The maximum absolute atomic E-state index is 5.97. The lowest BCUT2D eigenvalue weighted by Crippen LogP contribution is -2.24. The Bertz CT molecular complexity index is 660. The summed E-state index contributed by atoms with van der Waals surface area (Å²) in [6.07, 6.45) is 4.76.